The molecule has 0 aliphatic carbocycles. The molecule has 20 heavy (non-hydrogen) atoms. The van der Waals surface area contributed by atoms with Gasteiger partial charge in [0.2, 0.25) is 0 Å². The number of fused-ring (bicyclic) bond motifs is 1. The topological polar surface area (TPSA) is 38.7 Å². The number of benzene rings is 2. The minimum absolute atomic E-state index is 0.460. The van der Waals surface area contributed by atoms with Gasteiger partial charge in [-0.2, -0.15) is 0 Å². The molecule has 3 nitrogen and oxygen atoms in total. The first kappa shape index (κ1) is 14.6. The highest BCUT2D eigenvalue weighted by Crippen LogP contribution is 2.22. The lowest BCUT2D eigenvalue weighted by atomic mass is 9.79. The Balaban J connectivity index is 0.000000452. The van der Waals surface area contributed by atoms with Crippen LogP contribution in [0.1, 0.15) is 25.8 Å². The van der Waals surface area contributed by atoms with Crippen molar-refractivity contribution in [2.45, 2.75) is 26.9 Å². The number of para-hydroxylation sites is 1. The van der Waals surface area contributed by atoms with E-state index in [-0.39, 0.29) is 0 Å². The molecule has 1 heterocycles. The highest BCUT2D eigenvalue weighted by Gasteiger charge is 2.27. The Hall–Kier alpha value is -1.78. The van der Waals surface area contributed by atoms with Crippen molar-refractivity contribution in [3.8, 4) is 11.5 Å². The first-order valence-corrected chi connectivity index (χ1v) is 6.90. The van der Waals surface area contributed by atoms with Crippen molar-refractivity contribution in [2.24, 2.45) is 0 Å². The Morgan fingerprint density at radius 2 is 1.80 bits per heavy atom. The summed E-state index contributed by atoms with van der Waals surface area (Å²) in [6, 6.07) is 15.2. The van der Waals surface area contributed by atoms with E-state index in [0.29, 0.717) is 12.4 Å². The quantitative estimate of drug-likeness (QED) is 0.852. The van der Waals surface area contributed by atoms with Crippen LogP contribution >= 0.6 is 0 Å². The van der Waals surface area contributed by atoms with Gasteiger partial charge in [0.25, 0.3) is 0 Å². The molecular weight excluding hydrogens is 251 g/mol. The van der Waals surface area contributed by atoms with Crippen molar-refractivity contribution in [3.63, 3.8) is 0 Å². The van der Waals surface area contributed by atoms with Gasteiger partial charge in [0.05, 0.1) is 6.61 Å². The van der Waals surface area contributed by atoms with E-state index < -0.39 is 7.12 Å². The third-order valence-corrected chi connectivity index (χ3v) is 2.76. The van der Waals surface area contributed by atoms with Crippen LogP contribution in [-0.2, 0) is 11.3 Å². The second-order valence-corrected chi connectivity index (χ2v) is 4.65. The summed E-state index contributed by atoms with van der Waals surface area (Å²) in [6.07, 6.45) is 1.25. The standard InChI is InChI=1S/C13H11BO3.C3H8/c15-14-13-8-12(7-6-10(13)9-16-14)17-11-4-2-1-3-5-11;1-3-2/h1-8,15H,9H2;3H2,1-2H3. The molecule has 1 aliphatic rings. The summed E-state index contributed by atoms with van der Waals surface area (Å²) in [5, 5.41) is 9.59. The van der Waals surface area contributed by atoms with Gasteiger partial charge in [-0.25, -0.2) is 0 Å². The number of hydrogen-bond acceptors (Lipinski definition) is 3. The van der Waals surface area contributed by atoms with Gasteiger partial charge in [0.15, 0.2) is 0 Å². The van der Waals surface area contributed by atoms with E-state index in [2.05, 4.69) is 13.8 Å². The summed E-state index contributed by atoms with van der Waals surface area (Å²) in [4.78, 5) is 0. The maximum absolute atomic E-state index is 9.59. The molecule has 0 saturated heterocycles. The average Bonchev–Trinajstić information content (AvgIpc) is 2.82. The minimum Gasteiger partial charge on any atom is -0.457 e. The second kappa shape index (κ2) is 7.13. The predicted octanol–water partition coefficient (Wildman–Crippen LogP) is 3.11. The molecule has 4 heteroatoms. The third kappa shape index (κ3) is 3.62. The van der Waals surface area contributed by atoms with E-state index in [9.17, 15) is 5.02 Å². The largest absolute Gasteiger partial charge is 0.491 e. The van der Waals surface area contributed by atoms with Crippen LogP contribution in [0.4, 0.5) is 0 Å². The summed E-state index contributed by atoms with van der Waals surface area (Å²) in [5.41, 5.74) is 1.80. The second-order valence-electron chi connectivity index (χ2n) is 4.65. The van der Waals surface area contributed by atoms with Gasteiger partial charge in [-0.3, -0.25) is 0 Å². The fourth-order valence-corrected chi connectivity index (χ4v) is 1.88. The zero-order valence-electron chi connectivity index (χ0n) is 11.9. The normalized spacial score (nSPS) is 12.4. The van der Waals surface area contributed by atoms with Crippen LogP contribution in [-0.4, -0.2) is 12.1 Å². The molecule has 1 N–H and O–H groups in total. The van der Waals surface area contributed by atoms with Crippen molar-refractivity contribution < 1.29 is 14.4 Å². The Morgan fingerprint density at radius 3 is 2.50 bits per heavy atom. The average molecular weight is 270 g/mol. The Labute approximate surface area is 120 Å². The van der Waals surface area contributed by atoms with Gasteiger partial charge < -0.3 is 14.4 Å². The summed E-state index contributed by atoms with van der Waals surface area (Å²) in [6.45, 7) is 4.71. The molecule has 0 unspecified atom stereocenters. The monoisotopic (exact) mass is 270 g/mol. The van der Waals surface area contributed by atoms with Crippen LogP contribution in [0.3, 0.4) is 0 Å². The maximum atomic E-state index is 9.59. The highest BCUT2D eigenvalue weighted by molar-refractivity contribution is 6.61. The first-order valence-electron chi connectivity index (χ1n) is 6.90. The molecule has 0 amide bonds. The SMILES string of the molecule is CCC.OB1OCc2ccc(Oc3ccccc3)cc21. The van der Waals surface area contributed by atoms with E-state index in [1.54, 1.807) is 0 Å². The molecule has 104 valence electrons. The van der Waals surface area contributed by atoms with Gasteiger partial charge in [0, 0.05) is 0 Å². The van der Waals surface area contributed by atoms with Crippen molar-refractivity contribution in [1.29, 1.82) is 0 Å². The van der Waals surface area contributed by atoms with Crippen molar-refractivity contribution in [1.82, 2.24) is 0 Å². The summed E-state index contributed by atoms with van der Waals surface area (Å²) in [5.74, 6) is 1.49. The summed E-state index contributed by atoms with van der Waals surface area (Å²) >= 11 is 0. The molecule has 0 aromatic heterocycles. The van der Waals surface area contributed by atoms with Crippen LogP contribution in [0.15, 0.2) is 48.5 Å². The van der Waals surface area contributed by atoms with Crippen molar-refractivity contribution in [2.75, 3.05) is 0 Å². The molecule has 1 aliphatic heterocycles. The first-order chi connectivity index (χ1) is 9.74. The zero-order chi connectivity index (χ0) is 14.4. The smallest absolute Gasteiger partial charge is 0.457 e. The van der Waals surface area contributed by atoms with Gasteiger partial charge in [-0.05, 0) is 35.3 Å². The molecule has 2 aromatic rings. The van der Waals surface area contributed by atoms with Crippen molar-refractivity contribution in [3.05, 3.63) is 54.1 Å². The number of rotatable bonds is 2. The molecule has 0 atom stereocenters. The van der Waals surface area contributed by atoms with E-state index >= 15 is 0 Å². The van der Waals surface area contributed by atoms with E-state index in [4.69, 9.17) is 9.39 Å². The van der Waals surface area contributed by atoms with Gasteiger partial charge >= 0.3 is 7.12 Å². The Kier molecular flexibility index (Phi) is 5.21. The lowest BCUT2D eigenvalue weighted by molar-refractivity contribution is 0.275. The summed E-state index contributed by atoms with van der Waals surface area (Å²) < 4.78 is 10.8. The molecular formula is C16H19BO3. The Morgan fingerprint density at radius 1 is 1.10 bits per heavy atom. The van der Waals surface area contributed by atoms with Crippen LogP contribution in [0.25, 0.3) is 0 Å². The third-order valence-electron chi connectivity index (χ3n) is 2.76. The van der Waals surface area contributed by atoms with Crippen molar-refractivity contribution >= 4 is 12.6 Å². The van der Waals surface area contributed by atoms with Crippen LogP contribution in [0.2, 0.25) is 0 Å². The number of ether oxygens (including phenoxy) is 1. The molecule has 0 radical (unpaired) electrons. The van der Waals surface area contributed by atoms with Crippen LogP contribution < -0.4 is 10.2 Å². The van der Waals surface area contributed by atoms with Gasteiger partial charge in [-0.15, -0.1) is 0 Å². The molecule has 2 aromatic carbocycles. The van der Waals surface area contributed by atoms with E-state index in [1.807, 2.05) is 48.5 Å². The fraction of sp³-hybridized carbons (Fsp3) is 0.250. The Bertz CT molecular complexity index is 543. The molecule has 0 spiro atoms. The molecule has 0 saturated carbocycles. The van der Waals surface area contributed by atoms with Crippen LogP contribution in [0.5, 0.6) is 11.5 Å². The van der Waals surface area contributed by atoms with E-state index in [0.717, 1.165) is 16.8 Å². The maximum Gasteiger partial charge on any atom is 0.491 e. The lowest BCUT2D eigenvalue weighted by Crippen LogP contribution is -2.27. The van der Waals surface area contributed by atoms with Gasteiger partial charge in [-0.1, -0.05) is 44.5 Å². The summed E-state index contributed by atoms with van der Waals surface area (Å²) in [7, 11) is -0.829. The molecule has 0 bridgehead atoms. The molecule has 0 fully saturated rings. The van der Waals surface area contributed by atoms with Gasteiger partial charge in [0.1, 0.15) is 11.5 Å². The minimum atomic E-state index is -0.829. The predicted molar refractivity (Wildman–Crippen MR) is 81.3 cm³/mol. The van der Waals surface area contributed by atoms with Crippen LogP contribution in [0, 0.1) is 0 Å². The zero-order valence-corrected chi connectivity index (χ0v) is 11.9. The van der Waals surface area contributed by atoms with E-state index in [1.165, 1.54) is 6.42 Å². The fourth-order valence-electron chi connectivity index (χ4n) is 1.88. The molecule has 3 rings (SSSR count). The lowest BCUT2D eigenvalue weighted by Gasteiger charge is -2.07. The number of hydrogen-bond donors (Lipinski definition) is 1. The highest BCUT2D eigenvalue weighted by atomic mass is 16.5.